The van der Waals surface area contributed by atoms with Gasteiger partial charge in [0.1, 0.15) is 5.75 Å². The van der Waals surface area contributed by atoms with Gasteiger partial charge in [0, 0.05) is 39.8 Å². The molecule has 1 saturated heterocycles. The van der Waals surface area contributed by atoms with Crippen molar-refractivity contribution in [2.24, 2.45) is 4.99 Å². The van der Waals surface area contributed by atoms with Crippen molar-refractivity contribution in [3.63, 3.8) is 0 Å². The molecule has 0 aromatic heterocycles. The fourth-order valence-corrected chi connectivity index (χ4v) is 3.48. The fraction of sp³-hybridized carbons (Fsp3) is 0.458. The predicted molar refractivity (Wildman–Crippen MR) is 122 cm³/mol. The van der Waals surface area contributed by atoms with Gasteiger partial charge in [0.2, 0.25) is 0 Å². The molecule has 162 valence electrons. The van der Waals surface area contributed by atoms with Crippen LogP contribution < -0.4 is 10.1 Å². The molecular formula is C24H34N4O2. The van der Waals surface area contributed by atoms with E-state index in [2.05, 4.69) is 65.5 Å². The maximum atomic E-state index is 5.43. The molecule has 0 aliphatic carbocycles. The molecule has 30 heavy (non-hydrogen) atoms. The third-order valence-corrected chi connectivity index (χ3v) is 5.22. The van der Waals surface area contributed by atoms with Crippen LogP contribution in [0.25, 0.3) is 0 Å². The molecule has 2 aromatic carbocycles. The number of hydrogen-bond acceptors (Lipinski definition) is 4. The predicted octanol–water partition coefficient (Wildman–Crippen LogP) is 3.12. The van der Waals surface area contributed by atoms with Crippen molar-refractivity contribution in [3.05, 3.63) is 65.2 Å². The summed E-state index contributed by atoms with van der Waals surface area (Å²) < 4.78 is 10.7. The van der Waals surface area contributed by atoms with Crippen molar-refractivity contribution in [2.45, 2.75) is 26.6 Å². The first-order valence-corrected chi connectivity index (χ1v) is 10.7. The quantitative estimate of drug-likeness (QED) is 0.535. The molecular weight excluding hydrogens is 376 g/mol. The molecule has 3 rings (SSSR count). The van der Waals surface area contributed by atoms with Crippen molar-refractivity contribution in [1.82, 2.24) is 15.1 Å². The lowest BCUT2D eigenvalue weighted by molar-refractivity contribution is 0.0342. The highest BCUT2D eigenvalue weighted by molar-refractivity contribution is 5.79. The first-order valence-electron chi connectivity index (χ1n) is 10.7. The Balaban J connectivity index is 1.57. The molecule has 1 heterocycles. The Labute approximate surface area is 180 Å². The van der Waals surface area contributed by atoms with Crippen LogP contribution in [0.3, 0.4) is 0 Å². The number of morpholine rings is 1. The monoisotopic (exact) mass is 410 g/mol. The summed E-state index contributed by atoms with van der Waals surface area (Å²) >= 11 is 0. The first-order chi connectivity index (χ1) is 14.7. The van der Waals surface area contributed by atoms with Crippen LogP contribution >= 0.6 is 0 Å². The van der Waals surface area contributed by atoms with Crippen molar-refractivity contribution in [2.75, 3.05) is 47.0 Å². The second kappa shape index (κ2) is 11.6. The molecule has 0 atom stereocenters. The molecule has 0 spiro atoms. The molecule has 1 aliphatic rings. The van der Waals surface area contributed by atoms with Gasteiger partial charge in [0.05, 0.1) is 26.9 Å². The van der Waals surface area contributed by atoms with Gasteiger partial charge in [0.15, 0.2) is 5.96 Å². The minimum absolute atomic E-state index is 0.660. The van der Waals surface area contributed by atoms with Crippen LogP contribution in [-0.4, -0.2) is 62.8 Å². The SMILES string of the molecule is CCNC(=NCc1ccc(CN2CCOCC2)cc1)N(C)Cc1ccc(OC)cc1. The van der Waals surface area contributed by atoms with Gasteiger partial charge in [-0.2, -0.15) is 0 Å². The normalized spacial score (nSPS) is 15.1. The zero-order valence-corrected chi connectivity index (χ0v) is 18.4. The molecule has 1 fully saturated rings. The summed E-state index contributed by atoms with van der Waals surface area (Å²) in [4.78, 5) is 9.43. The van der Waals surface area contributed by atoms with Crippen molar-refractivity contribution in [3.8, 4) is 5.75 Å². The topological polar surface area (TPSA) is 49.3 Å². The zero-order chi connectivity index (χ0) is 21.2. The number of methoxy groups -OCH3 is 1. The molecule has 0 radical (unpaired) electrons. The summed E-state index contributed by atoms with van der Waals surface area (Å²) in [6, 6.07) is 17.0. The van der Waals surface area contributed by atoms with Crippen LogP contribution in [0.15, 0.2) is 53.5 Å². The van der Waals surface area contributed by atoms with Crippen molar-refractivity contribution in [1.29, 1.82) is 0 Å². The number of aliphatic imine (C=N–C) groups is 1. The first kappa shape index (κ1) is 22.1. The number of rotatable bonds is 8. The maximum Gasteiger partial charge on any atom is 0.194 e. The van der Waals surface area contributed by atoms with E-state index in [-0.39, 0.29) is 0 Å². The highest BCUT2D eigenvalue weighted by Crippen LogP contribution is 2.13. The van der Waals surface area contributed by atoms with E-state index in [4.69, 9.17) is 14.5 Å². The summed E-state index contributed by atoms with van der Waals surface area (Å²) in [7, 11) is 3.75. The molecule has 0 bridgehead atoms. The molecule has 2 aromatic rings. The molecule has 1 N–H and O–H groups in total. The van der Waals surface area contributed by atoms with E-state index in [0.29, 0.717) is 6.54 Å². The summed E-state index contributed by atoms with van der Waals surface area (Å²) in [6.45, 7) is 9.06. The zero-order valence-electron chi connectivity index (χ0n) is 18.4. The van der Waals surface area contributed by atoms with Gasteiger partial charge >= 0.3 is 0 Å². The van der Waals surface area contributed by atoms with Gasteiger partial charge in [-0.1, -0.05) is 36.4 Å². The van der Waals surface area contributed by atoms with Crippen LogP contribution in [0.4, 0.5) is 0 Å². The van der Waals surface area contributed by atoms with Crippen LogP contribution in [0.2, 0.25) is 0 Å². The molecule has 0 saturated carbocycles. The van der Waals surface area contributed by atoms with E-state index in [1.165, 1.54) is 16.7 Å². The summed E-state index contributed by atoms with van der Waals surface area (Å²) in [5.74, 6) is 1.78. The van der Waals surface area contributed by atoms with Gasteiger partial charge in [-0.3, -0.25) is 4.90 Å². The number of guanidine groups is 1. The molecule has 0 amide bonds. The largest absolute Gasteiger partial charge is 0.497 e. The lowest BCUT2D eigenvalue weighted by atomic mass is 10.1. The smallest absolute Gasteiger partial charge is 0.194 e. The third-order valence-electron chi connectivity index (χ3n) is 5.22. The minimum atomic E-state index is 0.660. The summed E-state index contributed by atoms with van der Waals surface area (Å²) in [5, 5.41) is 3.39. The minimum Gasteiger partial charge on any atom is -0.497 e. The Morgan fingerprint density at radius 3 is 2.30 bits per heavy atom. The van der Waals surface area contributed by atoms with Gasteiger partial charge in [-0.15, -0.1) is 0 Å². The summed E-state index contributed by atoms with van der Waals surface area (Å²) in [6.07, 6.45) is 0. The second-order valence-corrected chi connectivity index (χ2v) is 7.58. The van der Waals surface area contributed by atoms with Crippen LogP contribution in [0, 0.1) is 0 Å². The van der Waals surface area contributed by atoms with Crippen LogP contribution in [-0.2, 0) is 24.4 Å². The Hall–Kier alpha value is -2.57. The summed E-state index contributed by atoms with van der Waals surface area (Å²) in [5.41, 5.74) is 3.78. The Bertz CT molecular complexity index is 784. The molecule has 6 nitrogen and oxygen atoms in total. The fourth-order valence-electron chi connectivity index (χ4n) is 3.48. The number of nitrogens with one attached hydrogen (secondary N) is 1. The molecule has 1 aliphatic heterocycles. The van der Waals surface area contributed by atoms with E-state index in [9.17, 15) is 0 Å². The number of nitrogens with zero attached hydrogens (tertiary/aromatic N) is 3. The number of hydrogen-bond donors (Lipinski definition) is 1. The maximum absolute atomic E-state index is 5.43. The van der Waals surface area contributed by atoms with Crippen molar-refractivity contribution < 1.29 is 9.47 Å². The average Bonchev–Trinajstić information content (AvgIpc) is 2.79. The van der Waals surface area contributed by atoms with E-state index >= 15 is 0 Å². The number of benzene rings is 2. The second-order valence-electron chi connectivity index (χ2n) is 7.58. The third kappa shape index (κ3) is 6.75. The van der Waals surface area contributed by atoms with Crippen molar-refractivity contribution >= 4 is 5.96 Å². The lowest BCUT2D eigenvalue weighted by Gasteiger charge is -2.26. The van der Waals surface area contributed by atoms with Gasteiger partial charge in [0.25, 0.3) is 0 Å². The lowest BCUT2D eigenvalue weighted by Crippen LogP contribution is -2.38. The van der Waals surface area contributed by atoms with E-state index in [1.54, 1.807) is 7.11 Å². The van der Waals surface area contributed by atoms with Crippen LogP contribution in [0.1, 0.15) is 23.6 Å². The van der Waals surface area contributed by atoms with Gasteiger partial charge < -0.3 is 19.7 Å². The highest BCUT2D eigenvalue weighted by Gasteiger charge is 2.11. The Morgan fingerprint density at radius 2 is 1.67 bits per heavy atom. The Kier molecular flexibility index (Phi) is 8.53. The van der Waals surface area contributed by atoms with Crippen LogP contribution in [0.5, 0.6) is 5.75 Å². The van der Waals surface area contributed by atoms with Gasteiger partial charge in [-0.25, -0.2) is 4.99 Å². The van der Waals surface area contributed by atoms with E-state index in [0.717, 1.165) is 57.6 Å². The number of ether oxygens (including phenoxy) is 2. The Morgan fingerprint density at radius 1 is 1.03 bits per heavy atom. The highest BCUT2D eigenvalue weighted by atomic mass is 16.5. The molecule has 6 heteroatoms. The van der Waals surface area contributed by atoms with Gasteiger partial charge in [-0.05, 0) is 35.7 Å². The molecule has 0 unspecified atom stereocenters. The average molecular weight is 411 g/mol. The standard InChI is InChI=1S/C24H34N4O2/c1-4-25-24(27(2)18-21-9-11-23(29-3)12-10-21)26-17-20-5-7-22(8-6-20)19-28-13-15-30-16-14-28/h5-12H,4,13-19H2,1-3H3,(H,25,26). The van der Waals surface area contributed by atoms with E-state index < -0.39 is 0 Å². The van der Waals surface area contributed by atoms with E-state index in [1.807, 2.05) is 12.1 Å².